The number of alkyl halides is 1. The first kappa shape index (κ1) is 14.9. The Morgan fingerprint density at radius 1 is 1.11 bits per heavy atom. The maximum Gasteiger partial charge on any atom is 0.0588 e. The fourth-order valence-electron chi connectivity index (χ4n) is 2.75. The number of rotatable bonds is 3. The largest absolute Gasteiger partial charge is 0.118 e. The summed E-state index contributed by atoms with van der Waals surface area (Å²) in [6.45, 7) is 9.21. The second-order valence-corrected chi connectivity index (χ2v) is 7.73. The summed E-state index contributed by atoms with van der Waals surface area (Å²) in [7, 11) is 0. The Morgan fingerprint density at radius 2 is 1.74 bits per heavy atom. The Bertz CT molecular complexity index is 428. The Morgan fingerprint density at radius 3 is 2.37 bits per heavy atom. The van der Waals surface area contributed by atoms with Crippen LogP contribution in [0.15, 0.2) is 18.2 Å². The molecule has 0 saturated carbocycles. The van der Waals surface area contributed by atoms with Crippen molar-refractivity contribution in [2.24, 2.45) is 11.3 Å². The number of fused-ring (bicyclic) bond motifs is 1. The average Bonchev–Trinajstić information content (AvgIpc) is 2.37. The molecule has 0 radical (unpaired) electrons. The first-order chi connectivity index (χ1) is 8.88. The lowest BCUT2D eigenvalue weighted by Gasteiger charge is -2.29. The van der Waals surface area contributed by atoms with Crippen molar-refractivity contribution in [1.29, 1.82) is 0 Å². The van der Waals surface area contributed by atoms with Crippen molar-refractivity contribution in [3.8, 4) is 0 Å². The summed E-state index contributed by atoms with van der Waals surface area (Å²) in [6, 6.07) is 6.92. The van der Waals surface area contributed by atoms with Gasteiger partial charge in [-0.05, 0) is 60.1 Å². The van der Waals surface area contributed by atoms with Crippen molar-refractivity contribution >= 4 is 11.6 Å². The zero-order chi connectivity index (χ0) is 14.0. The molecule has 2 atom stereocenters. The lowest BCUT2D eigenvalue weighted by atomic mass is 9.78. The van der Waals surface area contributed by atoms with Gasteiger partial charge in [0.1, 0.15) is 0 Å². The quantitative estimate of drug-likeness (QED) is 0.602. The van der Waals surface area contributed by atoms with Crippen LogP contribution in [0.3, 0.4) is 0 Å². The molecule has 0 aliphatic heterocycles. The Balaban J connectivity index is 2.09. The second kappa shape index (κ2) is 5.87. The van der Waals surface area contributed by atoms with E-state index < -0.39 is 0 Å². The average molecular weight is 279 g/mol. The molecule has 0 saturated heterocycles. The minimum absolute atomic E-state index is 0.154. The lowest BCUT2D eigenvalue weighted by Crippen LogP contribution is -2.18. The molecule has 1 heteroatoms. The van der Waals surface area contributed by atoms with E-state index in [1.54, 1.807) is 5.56 Å². The van der Waals surface area contributed by atoms with Crippen LogP contribution < -0.4 is 0 Å². The van der Waals surface area contributed by atoms with E-state index in [1.165, 1.54) is 36.8 Å². The van der Waals surface area contributed by atoms with Crippen LogP contribution >= 0.6 is 11.6 Å². The molecule has 0 heterocycles. The van der Waals surface area contributed by atoms with Crippen molar-refractivity contribution in [3.63, 3.8) is 0 Å². The lowest BCUT2D eigenvalue weighted by molar-refractivity contribution is 0.245. The third kappa shape index (κ3) is 3.75. The molecule has 0 fully saturated rings. The minimum atomic E-state index is 0.154. The van der Waals surface area contributed by atoms with Gasteiger partial charge >= 0.3 is 0 Å². The fraction of sp³-hybridized carbons (Fsp3) is 0.667. The van der Waals surface area contributed by atoms with Gasteiger partial charge in [0.05, 0.1) is 5.38 Å². The van der Waals surface area contributed by atoms with Crippen LogP contribution in [0.1, 0.15) is 69.0 Å². The highest BCUT2D eigenvalue weighted by molar-refractivity contribution is 6.20. The van der Waals surface area contributed by atoms with E-state index in [4.69, 9.17) is 11.6 Å². The molecule has 0 N–H and O–H groups in total. The molecular formula is C18H27Cl. The third-order valence-electron chi connectivity index (χ3n) is 4.77. The monoisotopic (exact) mass is 278 g/mol. The maximum atomic E-state index is 6.65. The van der Waals surface area contributed by atoms with E-state index in [1.807, 2.05) is 0 Å². The predicted molar refractivity (Wildman–Crippen MR) is 84.9 cm³/mol. The molecule has 0 aromatic heterocycles. The molecule has 106 valence electrons. The molecule has 0 amide bonds. The van der Waals surface area contributed by atoms with Crippen LogP contribution in [-0.2, 0) is 12.8 Å². The smallest absolute Gasteiger partial charge is 0.0588 e. The van der Waals surface area contributed by atoms with Crippen LogP contribution in [0.25, 0.3) is 0 Å². The van der Waals surface area contributed by atoms with Gasteiger partial charge < -0.3 is 0 Å². The summed E-state index contributed by atoms with van der Waals surface area (Å²) in [5.74, 6) is 0.631. The van der Waals surface area contributed by atoms with Gasteiger partial charge in [-0.25, -0.2) is 0 Å². The van der Waals surface area contributed by atoms with Gasteiger partial charge in [0.25, 0.3) is 0 Å². The molecule has 0 spiro atoms. The number of hydrogen-bond acceptors (Lipinski definition) is 0. The van der Waals surface area contributed by atoms with E-state index in [0.717, 1.165) is 6.42 Å². The second-order valence-electron chi connectivity index (χ2n) is 7.21. The summed E-state index contributed by atoms with van der Waals surface area (Å²) in [4.78, 5) is 0. The number of benzene rings is 1. The molecule has 19 heavy (non-hydrogen) atoms. The molecule has 1 aromatic rings. The van der Waals surface area contributed by atoms with Crippen molar-refractivity contribution in [2.45, 2.75) is 65.2 Å². The molecule has 1 aliphatic rings. The molecule has 2 rings (SSSR count). The topological polar surface area (TPSA) is 0 Å². The maximum absolute atomic E-state index is 6.65. The minimum Gasteiger partial charge on any atom is -0.118 e. The summed E-state index contributed by atoms with van der Waals surface area (Å²) >= 11 is 6.65. The SMILES string of the molecule is CC(CC(Cl)c1ccc2c(c1)CCCC2)C(C)(C)C. The van der Waals surface area contributed by atoms with Crippen molar-refractivity contribution in [1.82, 2.24) is 0 Å². The first-order valence-corrected chi connectivity index (χ1v) is 8.07. The highest BCUT2D eigenvalue weighted by Crippen LogP contribution is 2.37. The van der Waals surface area contributed by atoms with Crippen LogP contribution in [0, 0.1) is 11.3 Å². The van der Waals surface area contributed by atoms with Gasteiger partial charge in [-0.3, -0.25) is 0 Å². The highest BCUT2D eigenvalue weighted by atomic mass is 35.5. The molecule has 1 aliphatic carbocycles. The van der Waals surface area contributed by atoms with E-state index in [-0.39, 0.29) is 5.38 Å². The summed E-state index contributed by atoms with van der Waals surface area (Å²) < 4.78 is 0. The Kier molecular flexibility index (Phi) is 4.61. The molecule has 2 unspecified atom stereocenters. The number of halogens is 1. The van der Waals surface area contributed by atoms with Crippen LogP contribution in [0.2, 0.25) is 0 Å². The van der Waals surface area contributed by atoms with Gasteiger partial charge in [-0.15, -0.1) is 11.6 Å². The molecule has 0 bridgehead atoms. The van der Waals surface area contributed by atoms with Gasteiger partial charge in [0.2, 0.25) is 0 Å². The fourth-order valence-corrected chi connectivity index (χ4v) is 3.15. The van der Waals surface area contributed by atoms with Gasteiger partial charge in [0, 0.05) is 0 Å². The highest BCUT2D eigenvalue weighted by Gasteiger charge is 2.24. The van der Waals surface area contributed by atoms with E-state index in [9.17, 15) is 0 Å². The zero-order valence-electron chi connectivity index (χ0n) is 12.8. The predicted octanol–water partition coefficient (Wildman–Crippen LogP) is 5.92. The normalized spacial score (nSPS) is 18.8. The molecule has 1 aromatic carbocycles. The van der Waals surface area contributed by atoms with E-state index >= 15 is 0 Å². The van der Waals surface area contributed by atoms with Crippen LogP contribution in [-0.4, -0.2) is 0 Å². The van der Waals surface area contributed by atoms with Crippen molar-refractivity contribution < 1.29 is 0 Å². The zero-order valence-corrected chi connectivity index (χ0v) is 13.6. The van der Waals surface area contributed by atoms with E-state index in [2.05, 4.69) is 45.9 Å². The summed E-state index contributed by atoms with van der Waals surface area (Å²) in [5.41, 5.74) is 4.74. The van der Waals surface area contributed by atoms with Crippen LogP contribution in [0.4, 0.5) is 0 Å². The summed E-state index contributed by atoms with van der Waals surface area (Å²) in [6.07, 6.45) is 6.23. The van der Waals surface area contributed by atoms with Crippen molar-refractivity contribution in [2.75, 3.05) is 0 Å². The van der Waals surface area contributed by atoms with Crippen molar-refractivity contribution in [3.05, 3.63) is 34.9 Å². The number of hydrogen-bond donors (Lipinski definition) is 0. The van der Waals surface area contributed by atoms with E-state index in [0.29, 0.717) is 11.3 Å². The van der Waals surface area contributed by atoms with Gasteiger partial charge in [-0.2, -0.15) is 0 Å². The molecular weight excluding hydrogens is 252 g/mol. The van der Waals surface area contributed by atoms with Crippen LogP contribution in [0.5, 0.6) is 0 Å². The van der Waals surface area contributed by atoms with Gasteiger partial charge in [0.15, 0.2) is 0 Å². The summed E-state index contributed by atoms with van der Waals surface area (Å²) in [5, 5.41) is 0.154. The van der Waals surface area contributed by atoms with Gasteiger partial charge in [-0.1, -0.05) is 45.9 Å². The number of aryl methyl sites for hydroxylation is 2. The Hall–Kier alpha value is -0.490. The first-order valence-electron chi connectivity index (χ1n) is 7.63. The third-order valence-corrected chi connectivity index (χ3v) is 5.20. The molecule has 0 nitrogen and oxygen atoms in total. The standard InChI is InChI=1S/C18H27Cl/c1-13(18(2,3)4)11-17(19)16-10-9-14-7-5-6-8-15(14)12-16/h9-10,12-13,17H,5-8,11H2,1-4H3. The Labute approximate surface area is 123 Å².